The van der Waals surface area contributed by atoms with Gasteiger partial charge in [-0.1, -0.05) is 37.6 Å². The third-order valence-electron chi connectivity index (χ3n) is 5.75. The lowest BCUT2D eigenvalue weighted by molar-refractivity contribution is -0.124. The second-order valence-electron chi connectivity index (χ2n) is 8.64. The molecule has 8 heteroatoms. The number of anilines is 1. The predicted octanol–water partition coefficient (Wildman–Crippen LogP) is 4.57. The molecule has 0 fully saturated rings. The molecule has 7 nitrogen and oxygen atoms in total. The summed E-state index contributed by atoms with van der Waals surface area (Å²) in [5.41, 5.74) is 2.84. The summed E-state index contributed by atoms with van der Waals surface area (Å²) in [6.45, 7) is 1.72. The Bertz CT molecular complexity index is 1180. The minimum absolute atomic E-state index is 0.113. The highest BCUT2D eigenvalue weighted by molar-refractivity contribution is 5.98. The van der Waals surface area contributed by atoms with E-state index in [1.165, 1.54) is 17.0 Å². The topological polar surface area (TPSA) is 87.7 Å². The van der Waals surface area contributed by atoms with Crippen LogP contribution in [0.4, 0.5) is 10.1 Å². The molecule has 0 heterocycles. The van der Waals surface area contributed by atoms with Crippen molar-refractivity contribution in [1.29, 1.82) is 0 Å². The summed E-state index contributed by atoms with van der Waals surface area (Å²) in [6, 6.07) is 19.9. The molecule has 0 saturated carbocycles. The average molecular weight is 506 g/mol. The molecule has 3 aromatic rings. The summed E-state index contributed by atoms with van der Waals surface area (Å²) in [4.78, 5) is 39.6. The molecule has 3 rings (SSSR count). The van der Waals surface area contributed by atoms with Crippen molar-refractivity contribution in [3.63, 3.8) is 0 Å². The van der Waals surface area contributed by atoms with Gasteiger partial charge in [0.1, 0.15) is 18.1 Å². The van der Waals surface area contributed by atoms with E-state index in [4.69, 9.17) is 4.74 Å². The Morgan fingerprint density at radius 2 is 1.51 bits per heavy atom. The number of hydrogen-bond acceptors (Lipinski definition) is 4. The van der Waals surface area contributed by atoms with Gasteiger partial charge in [-0.3, -0.25) is 14.4 Å². The van der Waals surface area contributed by atoms with Gasteiger partial charge in [-0.05, 0) is 72.5 Å². The van der Waals surface area contributed by atoms with Crippen molar-refractivity contribution < 1.29 is 23.5 Å². The van der Waals surface area contributed by atoms with Crippen LogP contribution in [0.1, 0.15) is 41.3 Å². The number of halogens is 1. The molecular formula is C29H32FN3O4. The highest BCUT2D eigenvalue weighted by Crippen LogP contribution is 2.15. The first-order valence-corrected chi connectivity index (χ1v) is 12.2. The van der Waals surface area contributed by atoms with E-state index in [1.54, 1.807) is 55.6 Å². The molecule has 0 spiro atoms. The molecule has 0 aromatic heterocycles. The minimum atomic E-state index is -0.486. The molecule has 194 valence electrons. The maximum absolute atomic E-state index is 13.4. The molecule has 37 heavy (non-hydrogen) atoms. The van der Waals surface area contributed by atoms with Crippen molar-refractivity contribution in [3.8, 4) is 5.75 Å². The molecule has 0 radical (unpaired) electrons. The van der Waals surface area contributed by atoms with E-state index < -0.39 is 11.8 Å². The normalized spacial score (nSPS) is 10.5. The standard InChI is InChI=1S/C29H32FN3O4/c1-3-4-5-21-6-10-23(11-7-21)29(36)33(19-22-8-12-24(30)13-9-22)20-28(35)31-18-27(34)32-25-14-16-26(37-2)17-15-25/h6-17H,3-5,18-20H2,1-2H3,(H,31,35)(H,32,34). The van der Waals surface area contributed by atoms with Crippen LogP contribution in [0.3, 0.4) is 0 Å². The second-order valence-corrected chi connectivity index (χ2v) is 8.64. The van der Waals surface area contributed by atoms with Gasteiger partial charge < -0.3 is 20.3 Å². The Balaban J connectivity index is 1.63. The number of hydrogen-bond donors (Lipinski definition) is 2. The van der Waals surface area contributed by atoms with Gasteiger partial charge in [-0.15, -0.1) is 0 Å². The maximum Gasteiger partial charge on any atom is 0.254 e. The van der Waals surface area contributed by atoms with Gasteiger partial charge in [0.25, 0.3) is 5.91 Å². The third kappa shape index (κ3) is 8.75. The van der Waals surface area contributed by atoms with E-state index in [1.807, 2.05) is 12.1 Å². The molecule has 0 unspecified atom stereocenters. The van der Waals surface area contributed by atoms with E-state index in [0.717, 1.165) is 24.8 Å². The van der Waals surface area contributed by atoms with E-state index >= 15 is 0 Å². The number of benzene rings is 3. The summed E-state index contributed by atoms with van der Waals surface area (Å²) < 4.78 is 18.5. The van der Waals surface area contributed by atoms with Crippen molar-refractivity contribution in [1.82, 2.24) is 10.2 Å². The molecule has 0 bridgehead atoms. The number of nitrogens with one attached hydrogen (secondary N) is 2. The highest BCUT2D eigenvalue weighted by atomic mass is 19.1. The van der Waals surface area contributed by atoms with Gasteiger partial charge in [0.2, 0.25) is 11.8 Å². The van der Waals surface area contributed by atoms with Gasteiger partial charge in [0.05, 0.1) is 13.7 Å². The molecule has 0 atom stereocenters. The first kappa shape index (κ1) is 27.4. The summed E-state index contributed by atoms with van der Waals surface area (Å²) in [7, 11) is 1.55. The van der Waals surface area contributed by atoms with Crippen molar-refractivity contribution >= 4 is 23.4 Å². The Hall–Kier alpha value is -4.20. The van der Waals surface area contributed by atoms with Crippen molar-refractivity contribution in [3.05, 3.63) is 95.3 Å². The summed E-state index contributed by atoms with van der Waals surface area (Å²) in [5.74, 6) is -0.945. The Morgan fingerprint density at radius 3 is 2.14 bits per heavy atom. The third-order valence-corrected chi connectivity index (χ3v) is 5.75. The van der Waals surface area contributed by atoms with Crippen LogP contribution in [0.2, 0.25) is 0 Å². The number of amides is 3. The summed E-state index contributed by atoms with van der Waals surface area (Å²) in [6.07, 6.45) is 3.08. The molecule has 0 aliphatic heterocycles. The Morgan fingerprint density at radius 1 is 0.865 bits per heavy atom. The van der Waals surface area contributed by atoms with Crippen LogP contribution in [0.25, 0.3) is 0 Å². The number of unbranched alkanes of at least 4 members (excludes halogenated alkanes) is 1. The van der Waals surface area contributed by atoms with Crippen molar-refractivity contribution in [2.75, 3.05) is 25.5 Å². The number of aryl methyl sites for hydroxylation is 1. The van der Waals surface area contributed by atoms with Crippen LogP contribution in [-0.4, -0.2) is 42.8 Å². The van der Waals surface area contributed by atoms with Crippen LogP contribution in [0, 0.1) is 5.82 Å². The maximum atomic E-state index is 13.4. The molecule has 0 saturated heterocycles. The number of rotatable bonds is 12. The fraction of sp³-hybridized carbons (Fsp3) is 0.276. The lowest BCUT2D eigenvalue weighted by atomic mass is 10.1. The fourth-order valence-electron chi connectivity index (χ4n) is 3.67. The predicted molar refractivity (Wildman–Crippen MR) is 141 cm³/mol. The van der Waals surface area contributed by atoms with E-state index in [-0.39, 0.29) is 31.4 Å². The quantitative estimate of drug-likeness (QED) is 0.377. The molecule has 3 aromatic carbocycles. The Kier molecular flexibility index (Phi) is 10.2. The minimum Gasteiger partial charge on any atom is -0.497 e. The summed E-state index contributed by atoms with van der Waals surface area (Å²) in [5, 5.41) is 5.25. The lowest BCUT2D eigenvalue weighted by Crippen LogP contribution is -2.42. The number of nitrogens with zero attached hydrogens (tertiary/aromatic N) is 1. The number of carbonyl (C=O) groups is 3. The average Bonchev–Trinajstić information content (AvgIpc) is 2.92. The zero-order valence-electron chi connectivity index (χ0n) is 21.1. The number of carbonyl (C=O) groups excluding carboxylic acids is 3. The first-order chi connectivity index (χ1) is 17.9. The molecule has 0 aliphatic carbocycles. The van der Waals surface area contributed by atoms with E-state index in [0.29, 0.717) is 22.6 Å². The number of ether oxygens (including phenoxy) is 1. The van der Waals surface area contributed by atoms with Crippen LogP contribution in [-0.2, 0) is 22.6 Å². The number of methoxy groups -OCH3 is 1. The fourth-order valence-corrected chi connectivity index (χ4v) is 3.67. The molecule has 2 N–H and O–H groups in total. The largest absolute Gasteiger partial charge is 0.497 e. The monoisotopic (exact) mass is 505 g/mol. The second kappa shape index (κ2) is 13.8. The Labute approximate surface area is 216 Å². The van der Waals surface area contributed by atoms with Gasteiger partial charge in [-0.25, -0.2) is 4.39 Å². The van der Waals surface area contributed by atoms with E-state index in [9.17, 15) is 18.8 Å². The highest BCUT2D eigenvalue weighted by Gasteiger charge is 2.20. The zero-order chi connectivity index (χ0) is 26.6. The van der Waals surface area contributed by atoms with Gasteiger partial charge in [0.15, 0.2) is 0 Å². The first-order valence-electron chi connectivity index (χ1n) is 12.2. The van der Waals surface area contributed by atoms with Crippen LogP contribution in [0.5, 0.6) is 5.75 Å². The van der Waals surface area contributed by atoms with Crippen LogP contribution >= 0.6 is 0 Å². The van der Waals surface area contributed by atoms with Gasteiger partial charge in [0, 0.05) is 17.8 Å². The molecule has 3 amide bonds. The zero-order valence-corrected chi connectivity index (χ0v) is 21.1. The van der Waals surface area contributed by atoms with Gasteiger partial charge in [-0.2, -0.15) is 0 Å². The van der Waals surface area contributed by atoms with Gasteiger partial charge >= 0.3 is 0 Å². The molecule has 0 aliphatic rings. The van der Waals surface area contributed by atoms with Crippen molar-refractivity contribution in [2.45, 2.75) is 32.7 Å². The van der Waals surface area contributed by atoms with Crippen LogP contribution < -0.4 is 15.4 Å². The van der Waals surface area contributed by atoms with Crippen LogP contribution in [0.15, 0.2) is 72.8 Å². The smallest absolute Gasteiger partial charge is 0.254 e. The summed E-state index contributed by atoms with van der Waals surface area (Å²) >= 11 is 0. The van der Waals surface area contributed by atoms with E-state index in [2.05, 4.69) is 17.6 Å². The lowest BCUT2D eigenvalue weighted by Gasteiger charge is -2.23. The van der Waals surface area contributed by atoms with Crippen molar-refractivity contribution in [2.24, 2.45) is 0 Å². The molecular weight excluding hydrogens is 473 g/mol. The SMILES string of the molecule is CCCCc1ccc(C(=O)N(CC(=O)NCC(=O)Nc2ccc(OC)cc2)Cc2ccc(F)cc2)cc1.